The molecule has 0 aromatic carbocycles. The van der Waals surface area contributed by atoms with E-state index in [1.165, 1.54) is 0 Å². The fourth-order valence-electron chi connectivity index (χ4n) is 1.89. The Kier molecular flexibility index (Phi) is 5.72. The minimum absolute atomic E-state index is 0.129. The number of hydrazine groups is 1. The van der Waals surface area contributed by atoms with Gasteiger partial charge in [-0.2, -0.15) is 0 Å². The number of nitrogens with two attached hydrogens (primary N) is 1. The van der Waals surface area contributed by atoms with Crippen molar-refractivity contribution in [3.8, 4) is 0 Å². The maximum atomic E-state index is 12.2. The molecule has 0 saturated heterocycles. The van der Waals surface area contributed by atoms with Crippen LogP contribution in [0.15, 0.2) is 28.1 Å². The number of carbonyl (C=O) groups is 1. The first kappa shape index (κ1) is 15.9. The lowest BCUT2D eigenvalue weighted by atomic mass is 10.1. The monoisotopic (exact) mass is 368 g/mol. The summed E-state index contributed by atoms with van der Waals surface area (Å²) >= 11 is 5.01. The molecular weight excluding hydrogens is 352 g/mol. The SMILES string of the molecule is CCCc1cc(C(=O)NCc2ccc(Br)s2)cc(NN)n1. The number of nitrogens with one attached hydrogen (secondary N) is 2. The predicted molar refractivity (Wildman–Crippen MR) is 89.2 cm³/mol. The topological polar surface area (TPSA) is 80.0 Å². The molecule has 2 aromatic rings. The molecule has 0 saturated carbocycles. The molecule has 0 bridgehead atoms. The van der Waals surface area contributed by atoms with Gasteiger partial charge in [-0.25, -0.2) is 10.8 Å². The number of hydrogen-bond donors (Lipinski definition) is 3. The van der Waals surface area contributed by atoms with Gasteiger partial charge in [0.2, 0.25) is 0 Å². The summed E-state index contributed by atoms with van der Waals surface area (Å²) in [4.78, 5) is 17.7. The van der Waals surface area contributed by atoms with Gasteiger partial charge in [-0.3, -0.25) is 4.79 Å². The van der Waals surface area contributed by atoms with E-state index < -0.39 is 0 Å². The first-order valence-corrected chi connectivity index (χ1v) is 8.23. The highest BCUT2D eigenvalue weighted by Crippen LogP contribution is 2.22. The van der Waals surface area contributed by atoms with Gasteiger partial charge in [0.15, 0.2) is 0 Å². The summed E-state index contributed by atoms with van der Waals surface area (Å²) in [6, 6.07) is 7.41. The van der Waals surface area contributed by atoms with Crippen molar-refractivity contribution in [2.75, 3.05) is 5.43 Å². The number of hydrogen-bond acceptors (Lipinski definition) is 5. The Hall–Kier alpha value is -1.44. The number of aromatic nitrogens is 1. The molecule has 0 aliphatic rings. The summed E-state index contributed by atoms with van der Waals surface area (Å²) in [5.41, 5.74) is 3.93. The van der Waals surface area contributed by atoms with E-state index in [0.29, 0.717) is 17.9 Å². The van der Waals surface area contributed by atoms with Crippen molar-refractivity contribution in [1.82, 2.24) is 10.3 Å². The third kappa shape index (κ3) is 4.52. The molecule has 0 fully saturated rings. The number of rotatable bonds is 6. The van der Waals surface area contributed by atoms with Crippen LogP contribution in [0.4, 0.5) is 5.82 Å². The predicted octanol–water partition coefficient (Wildman–Crippen LogP) is 3.07. The van der Waals surface area contributed by atoms with Crippen molar-refractivity contribution in [1.29, 1.82) is 0 Å². The van der Waals surface area contributed by atoms with Crippen LogP contribution in [0.5, 0.6) is 0 Å². The van der Waals surface area contributed by atoms with Crippen molar-refractivity contribution >= 4 is 39.0 Å². The van der Waals surface area contributed by atoms with Gasteiger partial charge in [-0.1, -0.05) is 13.3 Å². The Bertz CT molecular complexity index is 629. The van der Waals surface area contributed by atoms with Gasteiger partial charge >= 0.3 is 0 Å². The van der Waals surface area contributed by atoms with Crippen molar-refractivity contribution < 1.29 is 4.79 Å². The third-order valence-electron chi connectivity index (χ3n) is 2.85. The third-order valence-corrected chi connectivity index (χ3v) is 4.47. The first-order valence-electron chi connectivity index (χ1n) is 6.62. The molecule has 2 aromatic heterocycles. The second-order valence-electron chi connectivity index (χ2n) is 4.52. The number of nitrogen functional groups attached to an aromatic ring is 1. The molecule has 5 nitrogen and oxygen atoms in total. The molecule has 0 aliphatic heterocycles. The lowest BCUT2D eigenvalue weighted by Crippen LogP contribution is -2.23. The Balaban J connectivity index is 2.08. The number of thiophene rings is 1. The maximum absolute atomic E-state index is 12.2. The second-order valence-corrected chi connectivity index (χ2v) is 7.06. The Labute approximate surface area is 136 Å². The fourth-order valence-corrected chi connectivity index (χ4v) is 3.32. The van der Waals surface area contributed by atoms with Crippen molar-refractivity contribution in [3.63, 3.8) is 0 Å². The molecule has 2 heterocycles. The number of aryl methyl sites for hydroxylation is 1. The average molecular weight is 369 g/mol. The zero-order valence-corrected chi connectivity index (χ0v) is 14.1. The van der Waals surface area contributed by atoms with E-state index in [4.69, 9.17) is 5.84 Å². The molecule has 2 rings (SSSR count). The van der Waals surface area contributed by atoms with Crippen LogP contribution in [0.3, 0.4) is 0 Å². The Morgan fingerprint density at radius 2 is 2.24 bits per heavy atom. The number of carbonyl (C=O) groups excluding carboxylic acids is 1. The van der Waals surface area contributed by atoms with Gasteiger partial charge in [-0.15, -0.1) is 11.3 Å². The van der Waals surface area contributed by atoms with Crippen LogP contribution in [-0.2, 0) is 13.0 Å². The van der Waals surface area contributed by atoms with E-state index >= 15 is 0 Å². The lowest BCUT2D eigenvalue weighted by molar-refractivity contribution is 0.0951. The molecule has 0 unspecified atom stereocenters. The van der Waals surface area contributed by atoms with Gasteiger partial charge in [0, 0.05) is 16.1 Å². The number of anilines is 1. The van der Waals surface area contributed by atoms with E-state index in [0.717, 1.165) is 27.2 Å². The van der Waals surface area contributed by atoms with Crippen molar-refractivity contribution in [3.05, 3.63) is 44.2 Å². The van der Waals surface area contributed by atoms with Crippen LogP contribution in [0.25, 0.3) is 0 Å². The van der Waals surface area contributed by atoms with Crippen LogP contribution >= 0.6 is 27.3 Å². The fraction of sp³-hybridized carbons (Fsp3) is 0.286. The second kappa shape index (κ2) is 7.53. The molecule has 4 N–H and O–H groups in total. The largest absolute Gasteiger partial charge is 0.347 e. The smallest absolute Gasteiger partial charge is 0.251 e. The minimum Gasteiger partial charge on any atom is -0.347 e. The standard InChI is InChI=1S/C14H17BrN4OS/c1-2-3-10-6-9(7-13(18-10)19-16)14(20)17-8-11-4-5-12(15)21-11/h4-7H,2-3,8,16H2,1H3,(H,17,20)(H,18,19). The van der Waals surface area contributed by atoms with Crippen LogP contribution in [0, 0.1) is 0 Å². The highest BCUT2D eigenvalue weighted by atomic mass is 79.9. The molecular formula is C14H17BrN4OS. The zero-order chi connectivity index (χ0) is 15.2. The average Bonchev–Trinajstić information content (AvgIpc) is 2.90. The van der Waals surface area contributed by atoms with Gasteiger partial charge in [0.05, 0.1) is 10.3 Å². The van der Waals surface area contributed by atoms with Crippen molar-refractivity contribution in [2.24, 2.45) is 5.84 Å². The molecule has 0 radical (unpaired) electrons. The van der Waals surface area contributed by atoms with Crippen LogP contribution < -0.4 is 16.6 Å². The van der Waals surface area contributed by atoms with E-state index in [1.54, 1.807) is 17.4 Å². The van der Waals surface area contributed by atoms with Gasteiger partial charge in [0.25, 0.3) is 5.91 Å². The van der Waals surface area contributed by atoms with E-state index in [-0.39, 0.29) is 5.91 Å². The highest BCUT2D eigenvalue weighted by molar-refractivity contribution is 9.11. The number of halogens is 1. The molecule has 0 atom stereocenters. The van der Waals surface area contributed by atoms with E-state index in [2.05, 4.69) is 38.6 Å². The summed E-state index contributed by atoms with van der Waals surface area (Å²) in [5, 5.41) is 2.90. The first-order chi connectivity index (χ1) is 10.1. The number of nitrogens with zero attached hydrogens (tertiary/aromatic N) is 1. The summed E-state index contributed by atoms with van der Waals surface area (Å²) in [5.74, 6) is 5.78. The quantitative estimate of drug-likeness (QED) is 0.540. The molecule has 1 amide bonds. The Morgan fingerprint density at radius 3 is 2.86 bits per heavy atom. The zero-order valence-electron chi connectivity index (χ0n) is 11.6. The summed E-state index contributed by atoms with van der Waals surface area (Å²) in [6.45, 7) is 2.57. The van der Waals surface area contributed by atoms with Gasteiger partial charge in [-0.05, 0) is 46.6 Å². The normalized spacial score (nSPS) is 10.4. The van der Waals surface area contributed by atoms with E-state index in [9.17, 15) is 4.79 Å². The number of pyridine rings is 1. The van der Waals surface area contributed by atoms with Gasteiger partial charge < -0.3 is 10.7 Å². The summed E-state index contributed by atoms with van der Waals surface area (Å²) in [7, 11) is 0. The summed E-state index contributed by atoms with van der Waals surface area (Å²) < 4.78 is 1.05. The minimum atomic E-state index is -0.129. The van der Waals surface area contributed by atoms with E-state index in [1.807, 2.05) is 18.2 Å². The van der Waals surface area contributed by atoms with Gasteiger partial charge in [0.1, 0.15) is 5.82 Å². The number of amides is 1. The molecule has 21 heavy (non-hydrogen) atoms. The maximum Gasteiger partial charge on any atom is 0.251 e. The lowest BCUT2D eigenvalue weighted by Gasteiger charge is -2.08. The van der Waals surface area contributed by atoms with Crippen LogP contribution in [0.1, 0.15) is 34.3 Å². The van der Waals surface area contributed by atoms with Crippen molar-refractivity contribution in [2.45, 2.75) is 26.3 Å². The molecule has 0 aliphatic carbocycles. The Morgan fingerprint density at radius 1 is 1.43 bits per heavy atom. The molecule has 0 spiro atoms. The van der Waals surface area contributed by atoms with Crippen LogP contribution in [-0.4, -0.2) is 10.9 Å². The summed E-state index contributed by atoms with van der Waals surface area (Å²) in [6.07, 6.45) is 1.78. The van der Waals surface area contributed by atoms with Crippen LogP contribution in [0.2, 0.25) is 0 Å². The highest BCUT2D eigenvalue weighted by Gasteiger charge is 2.10. The molecule has 7 heteroatoms. The molecule has 112 valence electrons.